The number of rotatable bonds is 6. The van der Waals surface area contributed by atoms with E-state index in [4.69, 9.17) is 13.9 Å². The molecule has 1 aromatic heterocycles. The van der Waals surface area contributed by atoms with Crippen LogP contribution in [-0.4, -0.2) is 57.5 Å². The molecule has 1 atom stereocenters. The van der Waals surface area contributed by atoms with Crippen LogP contribution in [-0.2, 0) is 20.8 Å². The average Bonchev–Trinajstić information content (AvgIpc) is 3.16. The first-order chi connectivity index (χ1) is 15.3. The molecule has 1 fully saturated rings. The predicted octanol–water partition coefficient (Wildman–Crippen LogP) is 3.31. The highest BCUT2D eigenvalue weighted by Crippen LogP contribution is 2.22. The van der Waals surface area contributed by atoms with Crippen molar-refractivity contribution in [3.05, 3.63) is 11.8 Å². The van der Waals surface area contributed by atoms with E-state index in [1.807, 2.05) is 27.7 Å². The number of nitrogens with zero attached hydrogens (tertiary/aromatic N) is 3. The van der Waals surface area contributed by atoms with Gasteiger partial charge in [-0.1, -0.05) is 6.92 Å². The van der Waals surface area contributed by atoms with E-state index < -0.39 is 23.3 Å². The van der Waals surface area contributed by atoms with Crippen LogP contribution in [0.5, 0.6) is 0 Å². The van der Waals surface area contributed by atoms with E-state index in [1.54, 1.807) is 25.7 Å². The van der Waals surface area contributed by atoms with Gasteiger partial charge in [0.25, 0.3) is 0 Å². The van der Waals surface area contributed by atoms with Crippen LogP contribution in [0.3, 0.4) is 0 Å². The molecule has 33 heavy (non-hydrogen) atoms. The van der Waals surface area contributed by atoms with Crippen LogP contribution < -0.4 is 10.6 Å². The summed E-state index contributed by atoms with van der Waals surface area (Å²) < 4.78 is 16.2. The maximum atomic E-state index is 12.8. The van der Waals surface area contributed by atoms with Crippen LogP contribution in [0.15, 0.2) is 4.42 Å². The smallest absolute Gasteiger partial charge is 0.410 e. The summed E-state index contributed by atoms with van der Waals surface area (Å²) in [5.74, 6) is 0.165. The van der Waals surface area contributed by atoms with E-state index in [9.17, 15) is 14.4 Å². The Morgan fingerprint density at radius 1 is 1.06 bits per heavy atom. The van der Waals surface area contributed by atoms with Gasteiger partial charge in [0, 0.05) is 19.0 Å². The van der Waals surface area contributed by atoms with Gasteiger partial charge in [0.05, 0.1) is 6.54 Å². The lowest BCUT2D eigenvalue weighted by atomic mass is 9.95. The molecule has 1 saturated heterocycles. The summed E-state index contributed by atoms with van der Waals surface area (Å²) in [5, 5.41) is 13.5. The highest BCUT2D eigenvalue weighted by atomic mass is 16.6. The summed E-state index contributed by atoms with van der Waals surface area (Å²) in [7, 11) is 0. The molecule has 1 aliphatic heterocycles. The molecular weight excluding hydrogens is 430 g/mol. The van der Waals surface area contributed by atoms with Crippen molar-refractivity contribution in [1.82, 2.24) is 25.7 Å². The largest absolute Gasteiger partial charge is 0.444 e. The van der Waals surface area contributed by atoms with Gasteiger partial charge in [-0.15, -0.1) is 10.2 Å². The molecular formula is C22H37N5O6. The van der Waals surface area contributed by atoms with Crippen molar-refractivity contribution in [3.8, 4) is 0 Å². The molecule has 0 spiro atoms. The summed E-state index contributed by atoms with van der Waals surface area (Å²) in [6.07, 6.45) is 0.725. The van der Waals surface area contributed by atoms with Crippen molar-refractivity contribution in [1.29, 1.82) is 0 Å². The second-order valence-corrected chi connectivity index (χ2v) is 10.1. The van der Waals surface area contributed by atoms with Crippen molar-refractivity contribution >= 4 is 18.1 Å². The number of aromatic nitrogens is 2. The molecule has 0 radical (unpaired) electrons. The first-order valence-electron chi connectivity index (χ1n) is 11.3. The van der Waals surface area contributed by atoms with Gasteiger partial charge in [0.1, 0.15) is 17.2 Å². The number of alkyl carbamates (subject to hydrolysis) is 1. The van der Waals surface area contributed by atoms with Crippen molar-refractivity contribution in [2.75, 3.05) is 13.1 Å². The molecule has 2 N–H and O–H groups in total. The maximum Gasteiger partial charge on any atom is 0.410 e. The highest BCUT2D eigenvalue weighted by Gasteiger charge is 2.31. The number of amides is 3. The molecule has 2 rings (SSSR count). The number of hydrogen-bond acceptors (Lipinski definition) is 8. The number of piperidine rings is 1. The van der Waals surface area contributed by atoms with E-state index in [2.05, 4.69) is 20.8 Å². The SMILES string of the molecule is CC[C@H](NC(=O)C1CCN(C(=O)OC(C)(C)C)CC1)c1nnc(CNC(=O)OC(C)(C)C)o1. The van der Waals surface area contributed by atoms with E-state index in [0.29, 0.717) is 32.4 Å². The normalized spacial score (nSPS) is 16.2. The Bertz CT molecular complexity index is 818. The molecule has 1 aromatic rings. The summed E-state index contributed by atoms with van der Waals surface area (Å²) in [4.78, 5) is 38.4. The summed E-state index contributed by atoms with van der Waals surface area (Å²) in [5.41, 5.74) is -1.16. The third kappa shape index (κ3) is 8.89. The lowest BCUT2D eigenvalue weighted by Gasteiger charge is -2.33. The molecule has 186 valence electrons. The average molecular weight is 468 g/mol. The topological polar surface area (TPSA) is 136 Å². The first-order valence-corrected chi connectivity index (χ1v) is 11.3. The molecule has 0 bridgehead atoms. The zero-order valence-electron chi connectivity index (χ0n) is 20.7. The highest BCUT2D eigenvalue weighted by molar-refractivity contribution is 5.79. The standard InChI is InChI=1S/C22H37N5O6/c1-8-15(18-26-25-16(31-18)13-23-19(29)32-21(2,3)4)24-17(28)14-9-11-27(12-10-14)20(30)33-22(5,6)7/h14-15H,8-13H2,1-7H3,(H,23,29)(H,24,28)/t15-/m0/s1. The van der Waals surface area contributed by atoms with Crippen LogP contribution in [0.1, 0.15) is 85.6 Å². The van der Waals surface area contributed by atoms with Gasteiger partial charge in [-0.3, -0.25) is 4.79 Å². The number of hydrogen-bond donors (Lipinski definition) is 2. The Hall–Kier alpha value is -2.85. The minimum absolute atomic E-state index is 0.0232. The number of carbonyl (C=O) groups is 3. The van der Waals surface area contributed by atoms with Gasteiger partial charge in [-0.25, -0.2) is 9.59 Å². The molecule has 0 aliphatic carbocycles. The minimum atomic E-state index is -0.606. The summed E-state index contributed by atoms with van der Waals surface area (Å²) in [6, 6.07) is -0.441. The number of nitrogens with one attached hydrogen (secondary N) is 2. The number of carbonyl (C=O) groups excluding carboxylic acids is 3. The molecule has 0 aromatic carbocycles. The molecule has 0 saturated carbocycles. The van der Waals surface area contributed by atoms with Crippen LogP contribution in [0.2, 0.25) is 0 Å². The van der Waals surface area contributed by atoms with Crippen molar-refractivity contribution in [2.24, 2.45) is 5.92 Å². The second kappa shape index (κ2) is 10.8. The van der Waals surface area contributed by atoms with E-state index in [0.717, 1.165) is 0 Å². The van der Waals surface area contributed by atoms with Gasteiger partial charge in [0.15, 0.2) is 0 Å². The number of ether oxygens (including phenoxy) is 2. The minimum Gasteiger partial charge on any atom is -0.444 e. The third-order valence-corrected chi connectivity index (χ3v) is 4.81. The predicted molar refractivity (Wildman–Crippen MR) is 119 cm³/mol. The van der Waals surface area contributed by atoms with Crippen LogP contribution in [0.25, 0.3) is 0 Å². The molecule has 1 aliphatic rings. The third-order valence-electron chi connectivity index (χ3n) is 4.81. The fourth-order valence-corrected chi connectivity index (χ4v) is 3.22. The summed E-state index contributed by atoms with van der Waals surface area (Å²) in [6.45, 7) is 13.6. The molecule has 11 heteroatoms. The molecule has 11 nitrogen and oxygen atoms in total. The lowest BCUT2D eigenvalue weighted by molar-refractivity contribution is -0.127. The van der Waals surface area contributed by atoms with Gasteiger partial charge in [0.2, 0.25) is 17.7 Å². The van der Waals surface area contributed by atoms with Gasteiger partial charge >= 0.3 is 12.2 Å². The fraction of sp³-hybridized carbons (Fsp3) is 0.773. The second-order valence-electron chi connectivity index (χ2n) is 10.1. The zero-order valence-corrected chi connectivity index (χ0v) is 20.7. The Kier molecular flexibility index (Phi) is 8.68. The fourth-order valence-electron chi connectivity index (χ4n) is 3.22. The van der Waals surface area contributed by atoms with E-state index in [1.165, 1.54) is 0 Å². The van der Waals surface area contributed by atoms with Crippen molar-refractivity contribution < 1.29 is 28.3 Å². The van der Waals surface area contributed by atoms with Crippen LogP contribution in [0.4, 0.5) is 9.59 Å². The lowest BCUT2D eigenvalue weighted by Crippen LogP contribution is -2.45. The Balaban J connectivity index is 1.84. The van der Waals surface area contributed by atoms with Crippen molar-refractivity contribution in [2.45, 2.75) is 91.5 Å². The molecule has 2 heterocycles. The monoisotopic (exact) mass is 467 g/mol. The quantitative estimate of drug-likeness (QED) is 0.650. The van der Waals surface area contributed by atoms with Gasteiger partial charge in [-0.05, 0) is 60.8 Å². The Morgan fingerprint density at radius 2 is 1.67 bits per heavy atom. The summed E-state index contributed by atoms with van der Waals surface area (Å²) >= 11 is 0. The molecule has 0 unspecified atom stereocenters. The van der Waals surface area contributed by atoms with Gasteiger partial charge in [-0.2, -0.15) is 0 Å². The Morgan fingerprint density at radius 3 is 2.21 bits per heavy atom. The first kappa shape index (κ1) is 26.4. The maximum absolute atomic E-state index is 12.8. The van der Waals surface area contributed by atoms with E-state index in [-0.39, 0.29) is 36.2 Å². The van der Waals surface area contributed by atoms with Crippen LogP contribution in [0, 0.1) is 5.92 Å². The van der Waals surface area contributed by atoms with E-state index >= 15 is 0 Å². The molecule has 3 amide bonds. The van der Waals surface area contributed by atoms with Gasteiger partial charge < -0.3 is 29.4 Å². The Labute approximate surface area is 194 Å². The van der Waals surface area contributed by atoms with Crippen LogP contribution >= 0.6 is 0 Å². The van der Waals surface area contributed by atoms with Crippen molar-refractivity contribution in [3.63, 3.8) is 0 Å². The number of likely N-dealkylation sites (tertiary alicyclic amines) is 1. The zero-order chi connectivity index (χ0) is 24.8.